The van der Waals surface area contributed by atoms with Crippen molar-refractivity contribution in [1.82, 2.24) is 14.3 Å². The van der Waals surface area contributed by atoms with E-state index in [1.165, 1.54) is 36.9 Å². The number of ether oxygens (including phenoxy) is 1. The SMILES string of the molecule is COC[C@H](NC(=O)c1ccn(S(C)(=O)=O)c1)C(=O)Nc1nc(-c2cccc(C3=C/CC/C(C)=N/C(C)=C\3)c2)cs1. The highest BCUT2D eigenvalue weighted by atomic mass is 32.2. The monoisotopic (exact) mass is 581 g/mol. The molecule has 3 aromatic rings. The number of carbonyl (C=O) groups is 2. The quantitative estimate of drug-likeness (QED) is 0.386. The van der Waals surface area contributed by atoms with Crippen molar-refractivity contribution in [3.63, 3.8) is 0 Å². The van der Waals surface area contributed by atoms with Crippen molar-refractivity contribution in [2.45, 2.75) is 32.7 Å². The van der Waals surface area contributed by atoms with E-state index in [-0.39, 0.29) is 12.2 Å². The number of hydrogen-bond donors (Lipinski definition) is 2. The number of carbonyl (C=O) groups excluding carboxylic acids is 2. The average Bonchev–Trinajstić information content (AvgIpc) is 3.57. The number of thiazole rings is 1. The van der Waals surface area contributed by atoms with Gasteiger partial charge in [0.15, 0.2) is 5.13 Å². The molecule has 0 spiro atoms. The van der Waals surface area contributed by atoms with Crippen LogP contribution in [-0.4, -0.2) is 60.9 Å². The molecule has 40 heavy (non-hydrogen) atoms. The molecule has 0 saturated carbocycles. The number of aliphatic imine (C=N–C) groups is 1. The number of aromatic nitrogens is 2. The van der Waals surface area contributed by atoms with Crippen molar-refractivity contribution in [2.75, 3.05) is 25.3 Å². The zero-order valence-corrected chi connectivity index (χ0v) is 24.3. The molecule has 12 heteroatoms. The third kappa shape index (κ3) is 7.40. The molecule has 1 aliphatic rings. The molecular weight excluding hydrogens is 550 g/mol. The normalized spacial score (nSPS) is 18.6. The molecule has 1 atom stereocenters. The topological polar surface area (TPSA) is 132 Å². The smallest absolute Gasteiger partial charge is 0.253 e. The van der Waals surface area contributed by atoms with Gasteiger partial charge in [-0.05, 0) is 56.0 Å². The van der Waals surface area contributed by atoms with Crippen LogP contribution in [0.2, 0.25) is 0 Å². The van der Waals surface area contributed by atoms with Crippen molar-refractivity contribution in [3.05, 3.63) is 77.1 Å². The van der Waals surface area contributed by atoms with Gasteiger partial charge in [-0.15, -0.1) is 11.3 Å². The van der Waals surface area contributed by atoms with E-state index in [2.05, 4.69) is 44.9 Å². The second-order valence-electron chi connectivity index (χ2n) is 9.41. The van der Waals surface area contributed by atoms with Gasteiger partial charge >= 0.3 is 0 Å². The van der Waals surface area contributed by atoms with Crippen LogP contribution in [0.5, 0.6) is 0 Å². The Labute approximate surface area is 237 Å². The van der Waals surface area contributed by atoms with Crippen LogP contribution in [0.1, 0.15) is 42.6 Å². The molecule has 2 amide bonds. The molecule has 0 radical (unpaired) electrons. The number of rotatable bonds is 9. The summed E-state index contributed by atoms with van der Waals surface area (Å²) in [6, 6.07) is 8.38. The molecule has 0 bridgehead atoms. The van der Waals surface area contributed by atoms with Gasteiger partial charge in [-0.3, -0.25) is 18.6 Å². The van der Waals surface area contributed by atoms with Gasteiger partial charge < -0.3 is 15.4 Å². The molecule has 10 nitrogen and oxygen atoms in total. The van der Waals surface area contributed by atoms with Crippen LogP contribution in [0.3, 0.4) is 0 Å². The van der Waals surface area contributed by atoms with Gasteiger partial charge in [0, 0.05) is 41.9 Å². The molecule has 0 fully saturated rings. The summed E-state index contributed by atoms with van der Waals surface area (Å²) in [6.45, 7) is 3.95. The minimum atomic E-state index is -3.53. The Morgan fingerprint density at radius 1 is 1.20 bits per heavy atom. The summed E-state index contributed by atoms with van der Waals surface area (Å²) in [4.78, 5) is 34.9. The molecule has 3 heterocycles. The number of amides is 2. The molecule has 210 valence electrons. The Balaban J connectivity index is 1.46. The third-order valence-corrected chi connectivity index (χ3v) is 7.85. The Morgan fingerprint density at radius 3 is 2.70 bits per heavy atom. The summed E-state index contributed by atoms with van der Waals surface area (Å²) in [7, 11) is -2.12. The van der Waals surface area contributed by atoms with E-state index in [4.69, 9.17) is 4.74 Å². The predicted octanol–water partition coefficient (Wildman–Crippen LogP) is 4.34. The maximum atomic E-state index is 13.0. The molecular formula is C28H31N5O5S2. The van der Waals surface area contributed by atoms with Gasteiger partial charge in [-0.25, -0.2) is 13.4 Å². The van der Waals surface area contributed by atoms with Gasteiger partial charge in [-0.2, -0.15) is 0 Å². The highest BCUT2D eigenvalue weighted by molar-refractivity contribution is 7.89. The summed E-state index contributed by atoms with van der Waals surface area (Å²) in [6.07, 6.45) is 9.60. The van der Waals surface area contributed by atoms with E-state index in [0.717, 1.165) is 51.2 Å². The highest BCUT2D eigenvalue weighted by Crippen LogP contribution is 2.29. The van der Waals surface area contributed by atoms with E-state index in [0.29, 0.717) is 10.8 Å². The predicted molar refractivity (Wildman–Crippen MR) is 158 cm³/mol. The second kappa shape index (κ2) is 12.5. The fourth-order valence-electron chi connectivity index (χ4n) is 4.13. The van der Waals surface area contributed by atoms with E-state index >= 15 is 0 Å². The number of benzene rings is 1. The summed E-state index contributed by atoms with van der Waals surface area (Å²) in [5, 5.41) is 7.56. The Hall–Kier alpha value is -3.87. The van der Waals surface area contributed by atoms with Crippen molar-refractivity contribution < 1.29 is 22.7 Å². The van der Waals surface area contributed by atoms with Crippen LogP contribution in [0.4, 0.5) is 5.13 Å². The van der Waals surface area contributed by atoms with Crippen LogP contribution in [0.25, 0.3) is 16.8 Å². The standard InChI is InChI=1S/C28H31N5O5S2/c1-18-7-5-8-20(13-19(2)29-18)21-9-6-10-22(14-21)25-17-39-28(31-25)32-27(35)24(16-38-3)30-26(34)23-11-12-33(15-23)40(4,36)37/h6,8-15,17,24H,5,7,16H2,1-4H3,(H,30,34)(H,31,32,35)/b19-13-,20-8+,29-18+/t24-/m0/s1. The summed E-state index contributed by atoms with van der Waals surface area (Å²) in [5.41, 5.74) is 5.94. The first-order chi connectivity index (χ1) is 19.0. The number of methoxy groups -OCH3 is 1. The molecule has 4 rings (SSSR count). The van der Waals surface area contributed by atoms with Crippen molar-refractivity contribution >= 4 is 49.6 Å². The van der Waals surface area contributed by atoms with E-state index < -0.39 is 27.9 Å². The Morgan fingerprint density at radius 2 is 1.98 bits per heavy atom. The van der Waals surface area contributed by atoms with Gasteiger partial charge in [0.1, 0.15) is 6.04 Å². The molecule has 2 N–H and O–H groups in total. The average molecular weight is 582 g/mol. The lowest BCUT2D eigenvalue weighted by Gasteiger charge is -2.16. The molecule has 0 unspecified atom stereocenters. The first-order valence-corrected chi connectivity index (χ1v) is 15.2. The van der Waals surface area contributed by atoms with E-state index in [1.54, 1.807) is 0 Å². The molecule has 0 saturated heterocycles. The maximum absolute atomic E-state index is 13.0. The number of nitrogens with one attached hydrogen (secondary N) is 2. The number of nitrogens with zero attached hydrogens (tertiary/aromatic N) is 3. The van der Waals surface area contributed by atoms with Crippen molar-refractivity contribution in [2.24, 2.45) is 4.99 Å². The van der Waals surface area contributed by atoms with Gasteiger partial charge in [0.25, 0.3) is 11.8 Å². The Bertz CT molecular complexity index is 1610. The largest absolute Gasteiger partial charge is 0.382 e. The summed E-state index contributed by atoms with van der Waals surface area (Å²) in [5.74, 6) is -1.12. The minimum Gasteiger partial charge on any atom is -0.382 e. The fraction of sp³-hybridized carbons (Fsp3) is 0.286. The lowest BCUT2D eigenvalue weighted by molar-refractivity contribution is -0.119. The maximum Gasteiger partial charge on any atom is 0.253 e. The highest BCUT2D eigenvalue weighted by Gasteiger charge is 2.23. The molecule has 2 aromatic heterocycles. The van der Waals surface area contributed by atoms with Gasteiger partial charge in [0.2, 0.25) is 10.0 Å². The molecule has 1 aromatic carbocycles. The first kappa shape index (κ1) is 29.1. The van der Waals surface area contributed by atoms with E-state index in [9.17, 15) is 18.0 Å². The van der Waals surface area contributed by atoms with Gasteiger partial charge in [0.05, 0.1) is 24.1 Å². The lowest BCUT2D eigenvalue weighted by Crippen LogP contribution is -2.46. The lowest BCUT2D eigenvalue weighted by atomic mass is 9.99. The van der Waals surface area contributed by atoms with Crippen LogP contribution in [0.15, 0.2) is 70.9 Å². The molecule has 1 aliphatic heterocycles. The van der Waals surface area contributed by atoms with Crippen molar-refractivity contribution in [1.29, 1.82) is 0 Å². The number of hydrogen-bond acceptors (Lipinski definition) is 8. The zero-order chi connectivity index (χ0) is 28.9. The van der Waals surface area contributed by atoms with Crippen LogP contribution in [-0.2, 0) is 19.6 Å². The van der Waals surface area contributed by atoms with Crippen LogP contribution in [0, 0.1) is 0 Å². The number of anilines is 1. The first-order valence-electron chi connectivity index (χ1n) is 12.5. The van der Waals surface area contributed by atoms with E-state index in [1.807, 2.05) is 31.4 Å². The minimum absolute atomic E-state index is 0.0871. The summed E-state index contributed by atoms with van der Waals surface area (Å²) < 4.78 is 29.4. The second-order valence-corrected chi connectivity index (χ2v) is 12.2. The van der Waals surface area contributed by atoms with Crippen molar-refractivity contribution in [3.8, 4) is 11.3 Å². The Kier molecular flexibility index (Phi) is 9.13. The van der Waals surface area contributed by atoms with Crippen LogP contribution < -0.4 is 10.6 Å². The van der Waals surface area contributed by atoms with Gasteiger partial charge in [-0.1, -0.05) is 24.3 Å². The zero-order valence-electron chi connectivity index (χ0n) is 22.7. The van der Waals surface area contributed by atoms with Crippen LogP contribution >= 0.6 is 11.3 Å². The molecule has 0 aliphatic carbocycles. The fourth-order valence-corrected chi connectivity index (χ4v) is 5.44. The third-order valence-electron chi connectivity index (χ3n) is 6.10. The summed E-state index contributed by atoms with van der Waals surface area (Å²) >= 11 is 1.27. The number of allylic oxidation sites excluding steroid dienone is 4.